The first-order valence-corrected chi connectivity index (χ1v) is 5.53. The molecule has 0 heterocycles. The van der Waals surface area contributed by atoms with Gasteiger partial charge < -0.3 is 0 Å². The highest BCUT2D eigenvalue weighted by atomic mass is 13.9. The van der Waals surface area contributed by atoms with Crippen molar-refractivity contribution in [3.63, 3.8) is 0 Å². The van der Waals surface area contributed by atoms with Crippen molar-refractivity contribution in [2.75, 3.05) is 0 Å². The summed E-state index contributed by atoms with van der Waals surface area (Å²) in [7, 11) is 0. The van der Waals surface area contributed by atoms with E-state index in [0.717, 1.165) is 11.1 Å². The molecule has 0 atom stereocenters. The van der Waals surface area contributed by atoms with E-state index in [1.54, 1.807) is 12.2 Å². The summed E-state index contributed by atoms with van der Waals surface area (Å²) >= 11 is 0. The highest BCUT2D eigenvalue weighted by Gasteiger charge is 1.90. The fraction of sp³-hybridized carbons (Fsp3) is 0.333. The lowest BCUT2D eigenvalue weighted by atomic mass is 10.1. The molecule has 0 spiro atoms. The van der Waals surface area contributed by atoms with Gasteiger partial charge in [0, 0.05) is 0 Å². The largest absolute Gasteiger partial charge is 0.0990 e. The van der Waals surface area contributed by atoms with E-state index >= 15 is 0 Å². The molecule has 0 aromatic heterocycles. The van der Waals surface area contributed by atoms with Crippen molar-refractivity contribution in [2.24, 2.45) is 0 Å². The SMILES string of the molecule is C=C/C=C(/C=C)C(=C)/C=C\C.CC.CC. The van der Waals surface area contributed by atoms with Gasteiger partial charge in [0.05, 0.1) is 0 Å². The molecule has 0 aromatic rings. The maximum atomic E-state index is 3.86. The molecular formula is C15H26. The molecule has 0 rings (SSSR count). The highest BCUT2D eigenvalue weighted by molar-refractivity contribution is 5.45. The maximum Gasteiger partial charge on any atom is -0.0196 e. The minimum absolute atomic E-state index is 0.961. The third kappa shape index (κ3) is 12.7. The average Bonchev–Trinajstić information content (AvgIpc) is 2.31. The van der Waals surface area contributed by atoms with Gasteiger partial charge >= 0.3 is 0 Å². The lowest BCUT2D eigenvalue weighted by Gasteiger charge is -1.97. The van der Waals surface area contributed by atoms with Gasteiger partial charge in [-0.25, -0.2) is 0 Å². The molecule has 0 nitrogen and oxygen atoms in total. The van der Waals surface area contributed by atoms with Crippen molar-refractivity contribution in [3.8, 4) is 0 Å². The fourth-order valence-corrected chi connectivity index (χ4v) is 0.731. The molecule has 0 N–H and O–H groups in total. The van der Waals surface area contributed by atoms with Crippen molar-refractivity contribution in [3.05, 3.63) is 61.3 Å². The standard InChI is InChI=1S/C11H14.2C2H6/c1-5-8-10(4)11(7-3)9-6-2;2*1-2/h5-9H,2-4H2,1H3;2*1-2H3/b8-5-,11-9-;;. The Hall–Kier alpha value is -1.30. The number of hydrogen-bond acceptors (Lipinski definition) is 0. The monoisotopic (exact) mass is 206 g/mol. The van der Waals surface area contributed by atoms with Crippen LogP contribution < -0.4 is 0 Å². The molecule has 0 saturated carbocycles. The second kappa shape index (κ2) is 18.5. The second-order valence-corrected chi connectivity index (χ2v) is 2.09. The van der Waals surface area contributed by atoms with Gasteiger partial charge in [0.1, 0.15) is 0 Å². The van der Waals surface area contributed by atoms with Crippen LogP contribution in [0.3, 0.4) is 0 Å². The Bertz CT molecular complexity index is 214. The molecule has 0 aliphatic rings. The first-order valence-electron chi connectivity index (χ1n) is 5.53. The van der Waals surface area contributed by atoms with E-state index in [2.05, 4.69) is 19.7 Å². The van der Waals surface area contributed by atoms with E-state index in [1.807, 2.05) is 52.8 Å². The Morgan fingerprint density at radius 3 is 1.73 bits per heavy atom. The third-order valence-corrected chi connectivity index (χ3v) is 1.26. The van der Waals surface area contributed by atoms with Crippen LogP contribution >= 0.6 is 0 Å². The van der Waals surface area contributed by atoms with Crippen LogP contribution in [0.25, 0.3) is 0 Å². The van der Waals surface area contributed by atoms with E-state index in [0.29, 0.717) is 0 Å². The first-order chi connectivity index (χ1) is 7.26. The summed E-state index contributed by atoms with van der Waals surface area (Å²) in [6.07, 6.45) is 9.27. The van der Waals surface area contributed by atoms with Crippen LogP contribution in [0.15, 0.2) is 61.3 Å². The van der Waals surface area contributed by atoms with E-state index < -0.39 is 0 Å². The summed E-state index contributed by atoms with van der Waals surface area (Å²) in [6, 6.07) is 0. The molecule has 0 aromatic carbocycles. The van der Waals surface area contributed by atoms with Crippen LogP contribution in [-0.4, -0.2) is 0 Å². The van der Waals surface area contributed by atoms with Crippen LogP contribution in [0.1, 0.15) is 34.6 Å². The quantitative estimate of drug-likeness (QED) is 0.535. The van der Waals surface area contributed by atoms with Gasteiger partial charge in [-0.2, -0.15) is 0 Å². The zero-order valence-corrected chi connectivity index (χ0v) is 11.0. The van der Waals surface area contributed by atoms with Gasteiger partial charge in [0.25, 0.3) is 0 Å². The predicted octanol–water partition coefficient (Wildman–Crippen LogP) is 5.47. The third-order valence-electron chi connectivity index (χ3n) is 1.26. The Morgan fingerprint density at radius 1 is 1.00 bits per heavy atom. The van der Waals surface area contributed by atoms with Crippen LogP contribution in [0.5, 0.6) is 0 Å². The van der Waals surface area contributed by atoms with Crippen molar-refractivity contribution in [2.45, 2.75) is 34.6 Å². The number of hydrogen-bond donors (Lipinski definition) is 0. The van der Waals surface area contributed by atoms with Gasteiger partial charge in [-0.05, 0) is 18.1 Å². The molecule has 0 fully saturated rings. The minimum Gasteiger partial charge on any atom is -0.0990 e. The maximum absolute atomic E-state index is 3.86. The smallest absolute Gasteiger partial charge is 0.0196 e. The molecule has 0 heteroatoms. The summed E-state index contributed by atoms with van der Waals surface area (Å²) in [5, 5.41) is 0. The Kier molecular flexibility index (Phi) is 23.8. The van der Waals surface area contributed by atoms with Crippen molar-refractivity contribution in [1.82, 2.24) is 0 Å². The zero-order chi connectivity index (χ0) is 12.7. The van der Waals surface area contributed by atoms with E-state index in [-0.39, 0.29) is 0 Å². The summed E-state index contributed by atoms with van der Waals surface area (Å²) in [6.45, 7) is 21.1. The predicted molar refractivity (Wildman–Crippen MR) is 75.1 cm³/mol. The van der Waals surface area contributed by atoms with E-state index in [9.17, 15) is 0 Å². The molecule has 0 bridgehead atoms. The molecule has 0 aliphatic carbocycles. The zero-order valence-electron chi connectivity index (χ0n) is 11.0. The Balaban J connectivity index is -0.000000318. The molecule has 86 valence electrons. The Labute approximate surface area is 96.4 Å². The number of allylic oxidation sites excluding steroid dienone is 7. The van der Waals surface area contributed by atoms with Gasteiger partial charge in [-0.1, -0.05) is 77.8 Å². The van der Waals surface area contributed by atoms with Gasteiger partial charge in [0.15, 0.2) is 0 Å². The molecule has 0 unspecified atom stereocenters. The second-order valence-electron chi connectivity index (χ2n) is 2.09. The van der Waals surface area contributed by atoms with Gasteiger partial charge in [-0.15, -0.1) is 0 Å². The molecule has 0 saturated heterocycles. The lowest BCUT2D eigenvalue weighted by molar-refractivity contribution is 1.50. The van der Waals surface area contributed by atoms with E-state index in [1.165, 1.54) is 0 Å². The fourth-order valence-electron chi connectivity index (χ4n) is 0.731. The molecule has 15 heavy (non-hydrogen) atoms. The lowest BCUT2D eigenvalue weighted by Crippen LogP contribution is -1.78. The molecule has 0 radical (unpaired) electrons. The van der Waals surface area contributed by atoms with Gasteiger partial charge in [-0.3, -0.25) is 0 Å². The summed E-state index contributed by atoms with van der Waals surface area (Å²) in [5.41, 5.74) is 1.97. The summed E-state index contributed by atoms with van der Waals surface area (Å²) in [5.74, 6) is 0. The topological polar surface area (TPSA) is 0 Å². The van der Waals surface area contributed by atoms with E-state index in [4.69, 9.17) is 0 Å². The van der Waals surface area contributed by atoms with Crippen molar-refractivity contribution >= 4 is 0 Å². The summed E-state index contributed by atoms with van der Waals surface area (Å²) < 4.78 is 0. The highest BCUT2D eigenvalue weighted by Crippen LogP contribution is 2.09. The Morgan fingerprint density at radius 2 is 1.47 bits per heavy atom. The van der Waals surface area contributed by atoms with Crippen LogP contribution in [0.4, 0.5) is 0 Å². The first kappa shape index (κ1) is 19.3. The normalized spacial score (nSPS) is 9.27. The summed E-state index contributed by atoms with van der Waals surface area (Å²) in [4.78, 5) is 0. The van der Waals surface area contributed by atoms with Crippen LogP contribution in [0, 0.1) is 0 Å². The van der Waals surface area contributed by atoms with Crippen LogP contribution in [-0.2, 0) is 0 Å². The van der Waals surface area contributed by atoms with Gasteiger partial charge in [0.2, 0.25) is 0 Å². The van der Waals surface area contributed by atoms with Crippen LogP contribution in [0.2, 0.25) is 0 Å². The van der Waals surface area contributed by atoms with Crippen molar-refractivity contribution in [1.29, 1.82) is 0 Å². The number of rotatable bonds is 4. The minimum atomic E-state index is 0.961. The van der Waals surface area contributed by atoms with Crippen molar-refractivity contribution < 1.29 is 0 Å². The molecular weight excluding hydrogens is 180 g/mol. The average molecular weight is 206 g/mol. The molecule has 0 aliphatic heterocycles. The molecule has 0 amide bonds.